The van der Waals surface area contributed by atoms with Crippen LogP contribution in [0.3, 0.4) is 0 Å². The molecule has 3 aromatic rings. The summed E-state index contributed by atoms with van der Waals surface area (Å²) in [5.41, 5.74) is 2.34. The van der Waals surface area contributed by atoms with E-state index in [9.17, 15) is 4.21 Å². The van der Waals surface area contributed by atoms with Gasteiger partial charge in [-0.2, -0.15) is 9.19 Å². The summed E-state index contributed by atoms with van der Waals surface area (Å²) < 4.78 is 41.6. The highest BCUT2D eigenvalue weighted by atomic mass is 35.5. The summed E-state index contributed by atoms with van der Waals surface area (Å²) in [6.45, 7) is 1.13. The molecule has 0 bridgehead atoms. The van der Waals surface area contributed by atoms with Gasteiger partial charge in [0.15, 0.2) is 11.8 Å². The van der Waals surface area contributed by atoms with Gasteiger partial charge in [0.2, 0.25) is 0 Å². The van der Waals surface area contributed by atoms with Crippen molar-refractivity contribution in [3.05, 3.63) is 35.4 Å². The molecule has 2 N–H and O–H groups in total. The van der Waals surface area contributed by atoms with Crippen molar-refractivity contribution in [2.45, 2.75) is 24.7 Å². The molecule has 2 aliphatic rings. The first-order valence-corrected chi connectivity index (χ1v) is 10.3. The summed E-state index contributed by atoms with van der Waals surface area (Å²) in [5, 5.41) is 0.426. The molecule has 2 aliphatic heterocycles. The summed E-state index contributed by atoms with van der Waals surface area (Å²) in [5.74, 6) is 0.258. The normalized spacial score (nSPS) is 24.6. The van der Waals surface area contributed by atoms with Crippen LogP contribution in [0.2, 0.25) is 5.02 Å². The molecule has 29 heavy (non-hydrogen) atoms. The van der Waals surface area contributed by atoms with Gasteiger partial charge in [-0.05, 0) is 36.8 Å². The predicted octanol–water partition coefficient (Wildman–Crippen LogP) is 2.73. The fourth-order valence-electron chi connectivity index (χ4n) is 3.58. The molecule has 1 unspecified atom stereocenters. The van der Waals surface area contributed by atoms with Crippen molar-refractivity contribution >= 4 is 34.1 Å². The SMILES string of the molecule is O=S(O)Oc1ccc(-c2nc3nc(O[C@@H]4CO[C@@H]5CCO[C@@H]54)[nH]c3cc2Cl)cc1. The maximum Gasteiger partial charge on any atom is 0.357 e. The second-order valence-corrected chi connectivity index (χ2v) is 7.72. The lowest BCUT2D eigenvalue weighted by atomic mass is 10.1. The molecule has 0 spiro atoms. The van der Waals surface area contributed by atoms with Crippen molar-refractivity contribution in [1.82, 2.24) is 15.0 Å². The second-order valence-electron chi connectivity index (χ2n) is 6.71. The minimum atomic E-state index is -2.38. The van der Waals surface area contributed by atoms with E-state index in [-0.39, 0.29) is 24.1 Å². The van der Waals surface area contributed by atoms with Crippen LogP contribution in [-0.4, -0.2) is 55.2 Å². The van der Waals surface area contributed by atoms with Crippen LogP contribution in [0.5, 0.6) is 11.8 Å². The molecule has 0 aliphatic carbocycles. The van der Waals surface area contributed by atoms with E-state index in [2.05, 4.69) is 15.0 Å². The van der Waals surface area contributed by atoms with Gasteiger partial charge in [-0.3, -0.25) is 4.55 Å². The number of aromatic amines is 1. The highest BCUT2D eigenvalue weighted by Crippen LogP contribution is 2.32. The number of hydrogen-bond donors (Lipinski definition) is 2. The number of benzene rings is 1. The Balaban J connectivity index is 1.40. The van der Waals surface area contributed by atoms with Crippen molar-refractivity contribution in [3.8, 4) is 23.0 Å². The first-order chi connectivity index (χ1) is 14.1. The summed E-state index contributed by atoms with van der Waals surface area (Å²) in [6.07, 6.45) is 0.661. The van der Waals surface area contributed by atoms with E-state index in [1.54, 1.807) is 30.3 Å². The number of halogens is 1. The van der Waals surface area contributed by atoms with Crippen LogP contribution in [0.1, 0.15) is 6.42 Å². The first-order valence-electron chi connectivity index (χ1n) is 8.92. The Labute approximate surface area is 172 Å². The number of aromatic nitrogens is 3. The van der Waals surface area contributed by atoms with Crippen LogP contribution in [0, 0.1) is 0 Å². The minimum Gasteiger partial charge on any atom is -0.456 e. The predicted molar refractivity (Wildman–Crippen MR) is 104 cm³/mol. The van der Waals surface area contributed by atoms with Gasteiger partial charge < -0.3 is 23.4 Å². The highest BCUT2D eigenvalue weighted by molar-refractivity contribution is 7.74. The number of hydrogen-bond acceptors (Lipinski definition) is 7. The number of H-pyrrole nitrogens is 1. The number of fused-ring (bicyclic) bond motifs is 2. The molecule has 0 amide bonds. The van der Waals surface area contributed by atoms with Crippen LogP contribution in [0.4, 0.5) is 0 Å². The number of nitrogens with one attached hydrogen (secondary N) is 1. The molecule has 152 valence electrons. The summed E-state index contributed by atoms with van der Waals surface area (Å²) in [4.78, 5) is 12.0. The molecule has 1 aromatic carbocycles. The van der Waals surface area contributed by atoms with E-state index in [0.717, 1.165) is 6.42 Å². The average Bonchev–Trinajstić information content (AvgIpc) is 3.38. The van der Waals surface area contributed by atoms with E-state index in [1.807, 2.05) is 0 Å². The Bertz CT molecular complexity index is 1080. The second kappa shape index (κ2) is 7.54. The van der Waals surface area contributed by atoms with Crippen LogP contribution >= 0.6 is 11.6 Å². The molecular formula is C18H16ClN3O6S. The van der Waals surface area contributed by atoms with Gasteiger partial charge in [0.1, 0.15) is 11.9 Å². The zero-order valence-corrected chi connectivity index (χ0v) is 16.5. The Morgan fingerprint density at radius 1 is 1.24 bits per heavy atom. The number of nitrogens with zero attached hydrogens (tertiary/aromatic N) is 2. The minimum absolute atomic E-state index is 0.0793. The Morgan fingerprint density at radius 2 is 2.07 bits per heavy atom. The van der Waals surface area contributed by atoms with Gasteiger partial charge in [-0.1, -0.05) is 11.6 Å². The van der Waals surface area contributed by atoms with E-state index < -0.39 is 11.4 Å². The quantitative estimate of drug-likeness (QED) is 0.585. The largest absolute Gasteiger partial charge is 0.456 e. The van der Waals surface area contributed by atoms with Crippen LogP contribution in [0.25, 0.3) is 22.4 Å². The summed E-state index contributed by atoms with van der Waals surface area (Å²) >= 11 is 4.02. The Kier molecular flexibility index (Phi) is 4.88. The molecule has 2 fully saturated rings. The van der Waals surface area contributed by atoms with Crippen LogP contribution in [-0.2, 0) is 20.8 Å². The van der Waals surface area contributed by atoms with Crippen LogP contribution in [0.15, 0.2) is 30.3 Å². The number of ether oxygens (including phenoxy) is 3. The van der Waals surface area contributed by atoms with Gasteiger partial charge in [-0.25, -0.2) is 4.98 Å². The smallest absolute Gasteiger partial charge is 0.357 e. The van der Waals surface area contributed by atoms with Crippen molar-refractivity contribution in [1.29, 1.82) is 0 Å². The molecule has 0 radical (unpaired) electrons. The monoisotopic (exact) mass is 437 g/mol. The first kappa shape index (κ1) is 18.8. The number of imidazole rings is 1. The molecule has 2 saturated heterocycles. The highest BCUT2D eigenvalue weighted by Gasteiger charge is 2.43. The third kappa shape index (κ3) is 3.69. The molecule has 9 nitrogen and oxygen atoms in total. The lowest BCUT2D eigenvalue weighted by Crippen LogP contribution is -2.32. The third-order valence-corrected chi connectivity index (χ3v) is 5.51. The van der Waals surface area contributed by atoms with Gasteiger partial charge in [0, 0.05) is 12.2 Å². The molecule has 11 heteroatoms. The standard InChI is InChI=1S/C18H16ClN3O6S/c19-11-7-12-17(21-15(11)9-1-3-10(4-2-9)28-29(23)24)22-18(20-12)27-14-8-26-13-5-6-25-16(13)14/h1-4,7,13-14,16H,5-6,8H2,(H,23,24)(H,20,21,22)/t13-,14-,16+/m1/s1. The number of rotatable bonds is 5. The maximum absolute atomic E-state index is 10.7. The Morgan fingerprint density at radius 3 is 2.86 bits per heavy atom. The average molecular weight is 438 g/mol. The third-order valence-electron chi connectivity index (χ3n) is 4.88. The lowest BCUT2D eigenvalue weighted by molar-refractivity contribution is 0.0273. The van der Waals surface area contributed by atoms with Crippen LogP contribution < -0.4 is 8.92 Å². The number of pyridine rings is 1. The maximum atomic E-state index is 10.7. The van der Waals surface area contributed by atoms with Crippen molar-refractivity contribution in [2.24, 2.45) is 0 Å². The van der Waals surface area contributed by atoms with Gasteiger partial charge >= 0.3 is 11.4 Å². The van der Waals surface area contributed by atoms with E-state index in [4.69, 9.17) is 34.5 Å². The van der Waals surface area contributed by atoms with Gasteiger partial charge in [0.25, 0.3) is 6.01 Å². The topological polar surface area (TPSA) is 116 Å². The zero-order valence-electron chi connectivity index (χ0n) is 14.9. The van der Waals surface area contributed by atoms with Gasteiger partial charge in [0.05, 0.1) is 28.9 Å². The molecular weight excluding hydrogens is 422 g/mol. The van der Waals surface area contributed by atoms with Gasteiger partial charge in [-0.15, -0.1) is 0 Å². The summed E-state index contributed by atoms with van der Waals surface area (Å²) in [6, 6.07) is 8.57. The lowest BCUT2D eigenvalue weighted by Gasteiger charge is -2.15. The van der Waals surface area contributed by atoms with E-state index in [0.29, 0.717) is 46.7 Å². The zero-order chi connectivity index (χ0) is 20.0. The fraction of sp³-hybridized carbons (Fsp3) is 0.333. The molecule has 5 rings (SSSR count). The van der Waals surface area contributed by atoms with E-state index >= 15 is 0 Å². The van der Waals surface area contributed by atoms with Crippen molar-refractivity contribution < 1.29 is 27.2 Å². The summed E-state index contributed by atoms with van der Waals surface area (Å²) in [7, 11) is 0. The fourth-order valence-corrected chi connectivity index (χ4v) is 4.12. The van der Waals surface area contributed by atoms with Crippen molar-refractivity contribution in [2.75, 3.05) is 13.2 Å². The molecule has 0 saturated carbocycles. The molecule has 4 heterocycles. The molecule has 2 aromatic heterocycles. The van der Waals surface area contributed by atoms with Crippen molar-refractivity contribution in [3.63, 3.8) is 0 Å². The molecule has 4 atom stereocenters. The Hall–Kier alpha value is -2.24. The van der Waals surface area contributed by atoms with E-state index in [1.165, 1.54) is 0 Å².